The Kier molecular flexibility index (Phi) is 4.02. The Labute approximate surface area is 116 Å². The molecule has 1 aliphatic rings. The summed E-state index contributed by atoms with van der Waals surface area (Å²) in [4.78, 5) is 0. The Hall–Kier alpha value is -0.940. The van der Waals surface area contributed by atoms with Crippen molar-refractivity contribution in [1.29, 1.82) is 0 Å². The second-order valence-corrected chi connectivity index (χ2v) is 5.09. The van der Waals surface area contributed by atoms with Gasteiger partial charge >= 0.3 is 0 Å². The number of nitrogens with zero attached hydrogens (tertiary/aromatic N) is 1. The van der Waals surface area contributed by atoms with Crippen LogP contribution in [0.15, 0.2) is 29.6 Å². The first-order valence-corrected chi connectivity index (χ1v) is 6.40. The molecule has 0 spiro atoms. The van der Waals surface area contributed by atoms with Crippen LogP contribution in [0.25, 0.3) is 0 Å². The topological polar surface area (TPSA) is 75.5 Å². The van der Waals surface area contributed by atoms with Gasteiger partial charge < -0.3 is 10.8 Å². The highest BCUT2D eigenvalue weighted by molar-refractivity contribution is 6.39. The molecular weight excluding hydrogens is 273 g/mol. The number of aliphatic hydroxyl groups excluding tert-OH is 1. The lowest BCUT2D eigenvalue weighted by Crippen LogP contribution is -2.35. The summed E-state index contributed by atoms with van der Waals surface area (Å²) in [6, 6.07) is 5.10. The van der Waals surface area contributed by atoms with Gasteiger partial charge in [0, 0.05) is 11.6 Å². The van der Waals surface area contributed by atoms with Crippen molar-refractivity contribution >= 4 is 28.9 Å². The summed E-state index contributed by atoms with van der Waals surface area (Å²) >= 11 is 12.1. The number of benzene rings is 1. The molecule has 1 saturated carbocycles. The minimum atomic E-state index is -0.250. The van der Waals surface area contributed by atoms with E-state index in [1.54, 1.807) is 18.2 Å². The second kappa shape index (κ2) is 5.36. The normalized spacial score (nSPS) is 16.4. The summed E-state index contributed by atoms with van der Waals surface area (Å²) < 4.78 is 0. The number of rotatable bonds is 4. The summed E-state index contributed by atoms with van der Waals surface area (Å²) in [5.74, 6) is 6.29. The average Bonchev–Trinajstić information content (AvgIpc) is 3.13. The first-order chi connectivity index (χ1) is 8.56. The Bertz CT molecular complexity index is 466. The fourth-order valence-electron chi connectivity index (χ4n) is 1.79. The monoisotopic (exact) mass is 287 g/mol. The molecule has 1 aliphatic carbocycles. The third-order valence-corrected chi connectivity index (χ3v) is 3.58. The number of hydrogen-bond donors (Lipinski definition) is 3. The quantitative estimate of drug-likeness (QED) is 0.586. The van der Waals surface area contributed by atoms with Crippen LogP contribution >= 0.6 is 23.2 Å². The van der Waals surface area contributed by atoms with Gasteiger partial charge in [-0.2, -0.15) is 0 Å². The van der Waals surface area contributed by atoms with E-state index in [0.29, 0.717) is 33.0 Å². The van der Waals surface area contributed by atoms with E-state index in [1.807, 2.05) is 0 Å². The first kappa shape index (κ1) is 13.5. The highest BCUT2D eigenvalue weighted by atomic mass is 35.5. The highest BCUT2D eigenvalue weighted by Gasteiger charge is 2.28. The average molecular weight is 288 g/mol. The number of hydrazine groups is 1. The Morgan fingerprint density at radius 2 is 1.89 bits per heavy atom. The molecule has 0 saturated heterocycles. The van der Waals surface area contributed by atoms with Crippen molar-refractivity contribution in [1.82, 2.24) is 0 Å². The van der Waals surface area contributed by atoms with Gasteiger partial charge in [0.05, 0.1) is 28.0 Å². The maximum absolute atomic E-state index is 9.44. The molecule has 2 rings (SSSR count). The van der Waals surface area contributed by atoms with Crippen LogP contribution < -0.4 is 16.6 Å². The van der Waals surface area contributed by atoms with Crippen molar-refractivity contribution < 1.29 is 5.11 Å². The van der Waals surface area contributed by atoms with Crippen molar-refractivity contribution in [3.63, 3.8) is 0 Å². The molecule has 0 atom stereocenters. The van der Waals surface area contributed by atoms with Gasteiger partial charge in [-0.3, -0.25) is 5.01 Å². The fraction of sp³-hybridized carbons (Fsp3) is 0.333. The lowest BCUT2D eigenvalue weighted by Gasteiger charge is -2.24. The lowest BCUT2D eigenvalue weighted by atomic mass is 10.2. The molecule has 1 aromatic carbocycles. The van der Waals surface area contributed by atoms with Crippen LogP contribution in [0.3, 0.4) is 0 Å². The first-order valence-electron chi connectivity index (χ1n) is 5.64. The summed E-state index contributed by atoms with van der Waals surface area (Å²) in [6.45, 7) is -0.250. The zero-order valence-electron chi connectivity index (χ0n) is 9.74. The molecule has 98 valence electrons. The number of allylic oxidation sites excluding steroid dienone is 1. The van der Waals surface area contributed by atoms with Crippen molar-refractivity contribution in [3.05, 3.63) is 39.6 Å². The molecule has 4 nitrogen and oxygen atoms in total. The molecule has 1 fully saturated rings. The van der Waals surface area contributed by atoms with Gasteiger partial charge in [0.2, 0.25) is 0 Å². The van der Waals surface area contributed by atoms with Crippen LogP contribution in [-0.4, -0.2) is 11.7 Å². The summed E-state index contributed by atoms with van der Waals surface area (Å²) in [6.07, 6.45) is 2.05. The van der Waals surface area contributed by atoms with Crippen molar-refractivity contribution in [2.75, 3.05) is 11.6 Å². The van der Waals surface area contributed by atoms with Crippen LogP contribution in [0, 0.1) is 5.92 Å². The third kappa shape index (κ3) is 2.57. The van der Waals surface area contributed by atoms with E-state index < -0.39 is 0 Å². The van der Waals surface area contributed by atoms with E-state index in [4.69, 9.17) is 34.8 Å². The van der Waals surface area contributed by atoms with Gasteiger partial charge in [0.1, 0.15) is 0 Å². The van der Waals surface area contributed by atoms with E-state index in [9.17, 15) is 5.11 Å². The molecule has 0 bridgehead atoms. The number of para-hydroxylation sites is 1. The van der Waals surface area contributed by atoms with E-state index in [1.165, 1.54) is 5.01 Å². The van der Waals surface area contributed by atoms with Gasteiger partial charge in [0.25, 0.3) is 0 Å². The van der Waals surface area contributed by atoms with Crippen LogP contribution in [0.1, 0.15) is 12.8 Å². The summed E-state index contributed by atoms with van der Waals surface area (Å²) in [5, 5.41) is 11.5. The van der Waals surface area contributed by atoms with Crippen molar-refractivity contribution in [3.8, 4) is 0 Å². The van der Waals surface area contributed by atoms with Gasteiger partial charge in [0.15, 0.2) is 0 Å². The molecule has 0 aromatic heterocycles. The highest BCUT2D eigenvalue weighted by Crippen LogP contribution is 2.38. The van der Waals surface area contributed by atoms with E-state index >= 15 is 0 Å². The molecule has 18 heavy (non-hydrogen) atoms. The van der Waals surface area contributed by atoms with E-state index in [0.717, 1.165) is 12.8 Å². The van der Waals surface area contributed by atoms with Crippen molar-refractivity contribution in [2.24, 2.45) is 17.5 Å². The van der Waals surface area contributed by atoms with Crippen LogP contribution in [0.4, 0.5) is 5.69 Å². The molecule has 5 N–H and O–H groups in total. The predicted octanol–water partition coefficient (Wildman–Crippen LogP) is 2.25. The Balaban J connectivity index is 2.40. The SMILES string of the molecule is N/C(=C(/CO)N(N)c1c(Cl)cccc1Cl)C1CC1. The van der Waals surface area contributed by atoms with Gasteiger partial charge in [-0.05, 0) is 25.0 Å². The second-order valence-electron chi connectivity index (χ2n) is 4.27. The number of anilines is 1. The van der Waals surface area contributed by atoms with Crippen LogP contribution in [0.2, 0.25) is 10.0 Å². The van der Waals surface area contributed by atoms with E-state index in [2.05, 4.69) is 0 Å². The molecule has 0 aliphatic heterocycles. The number of halogens is 2. The Morgan fingerprint density at radius 1 is 1.33 bits per heavy atom. The third-order valence-electron chi connectivity index (χ3n) is 2.97. The predicted molar refractivity (Wildman–Crippen MR) is 74.2 cm³/mol. The number of nitrogens with two attached hydrogens (primary N) is 2. The largest absolute Gasteiger partial charge is 0.400 e. The molecule has 0 unspecified atom stereocenters. The molecule has 0 amide bonds. The zero-order chi connectivity index (χ0) is 13.3. The smallest absolute Gasteiger partial charge is 0.0945 e. The maximum Gasteiger partial charge on any atom is 0.0945 e. The molecule has 6 heteroatoms. The van der Waals surface area contributed by atoms with Gasteiger partial charge in [-0.25, -0.2) is 5.84 Å². The molecular formula is C12H15Cl2N3O. The molecule has 1 aromatic rings. The zero-order valence-corrected chi connectivity index (χ0v) is 11.2. The van der Waals surface area contributed by atoms with Crippen molar-refractivity contribution in [2.45, 2.75) is 12.8 Å². The van der Waals surface area contributed by atoms with Crippen LogP contribution in [0.5, 0.6) is 0 Å². The lowest BCUT2D eigenvalue weighted by molar-refractivity contribution is 0.325. The summed E-state index contributed by atoms with van der Waals surface area (Å²) in [7, 11) is 0. The molecule has 0 radical (unpaired) electrons. The van der Waals surface area contributed by atoms with Gasteiger partial charge in [-0.1, -0.05) is 29.3 Å². The minimum Gasteiger partial charge on any atom is -0.400 e. The molecule has 0 heterocycles. The number of hydrogen-bond acceptors (Lipinski definition) is 4. The fourth-order valence-corrected chi connectivity index (χ4v) is 2.37. The van der Waals surface area contributed by atoms with E-state index in [-0.39, 0.29) is 6.61 Å². The Morgan fingerprint density at radius 3 is 2.33 bits per heavy atom. The maximum atomic E-state index is 9.44. The number of aliphatic hydroxyl groups is 1. The standard InChI is InChI=1S/C12H15Cl2N3O/c13-8-2-1-3-9(14)12(8)17(16)10(6-18)11(15)7-4-5-7/h1-3,7,18H,4-6,15-16H2/b11-10-. The summed E-state index contributed by atoms with van der Waals surface area (Å²) in [5.41, 5.74) is 7.50. The van der Waals surface area contributed by atoms with Gasteiger partial charge in [-0.15, -0.1) is 0 Å². The van der Waals surface area contributed by atoms with Crippen LogP contribution in [-0.2, 0) is 0 Å². The minimum absolute atomic E-state index is 0.250.